The van der Waals surface area contributed by atoms with Gasteiger partial charge in [0.25, 0.3) is 0 Å². The van der Waals surface area contributed by atoms with Crippen molar-refractivity contribution in [2.24, 2.45) is 5.73 Å². The molecule has 0 aliphatic carbocycles. The Kier molecular flexibility index (Phi) is 4.25. The van der Waals surface area contributed by atoms with Crippen molar-refractivity contribution >= 4 is 11.6 Å². The molecule has 3 nitrogen and oxygen atoms in total. The maximum atomic E-state index is 11.8. The lowest BCUT2D eigenvalue weighted by molar-refractivity contribution is -0.116. The number of nitrogens with one attached hydrogen (secondary N) is 1. The van der Waals surface area contributed by atoms with Gasteiger partial charge in [0.05, 0.1) is 0 Å². The minimum Gasteiger partial charge on any atom is -0.326 e. The Morgan fingerprint density at radius 1 is 1.14 bits per heavy atom. The zero-order valence-corrected chi connectivity index (χ0v) is 12.9. The van der Waals surface area contributed by atoms with Crippen molar-refractivity contribution in [2.75, 3.05) is 5.32 Å². The number of nitrogens with two attached hydrogens (primary N) is 1. The predicted molar refractivity (Wildman–Crippen MR) is 89.8 cm³/mol. The van der Waals surface area contributed by atoms with Crippen molar-refractivity contribution in [1.82, 2.24) is 0 Å². The summed E-state index contributed by atoms with van der Waals surface area (Å²) in [6.07, 6.45) is 3.12. The second-order valence-corrected chi connectivity index (χ2v) is 5.92. The molecule has 3 heteroatoms. The van der Waals surface area contributed by atoms with Gasteiger partial charge in [0.2, 0.25) is 5.91 Å². The van der Waals surface area contributed by atoms with Gasteiger partial charge in [-0.2, -0.15) is 0 Å². The van der Waals surface area contributed by atoms with E-state index >= 15 is 0 Å². The lowest BCUT2D eigenvalue weighted by Gasteiger charge is -2.24. The molecule has 0 spiro atoms. The number of carbonyl (C=O) groups is 1. The summed E-state index contributed by atoms with van der Waals surface area (Å²) in [4.78, 5) is 11.8. The lowest BCUT2D eigenvalue weighted by atomic mass is 9.90. The highest BCUT2D eigenvalue weighted by atomic mass is 16.1. The highest BCUT2D eigenvalue weighted by molar-refractivity contribution is 5.95. The number of benzene rings is 2. The van der Waals surface area contributed by atoms with Crippen molar-refractivity contribution in [3.63, 3.8) is 0 Å². The smallest absolute Gasteiger partial charge is 0.224 e. The number of anilines is 1. The minimum atomic E-state index is -0.110. The van der Waals surface area contributed by atoms with Crippen molar-refractivity contribution in [1.29, 1.82) is 0 Å². The molecule has 3 N–H and O–H groups in total. The largest absolute Gasteiger partial charge is 0.326 e. The molecule has 0 bridgehead atoms. The maximum Gasteiger partial charge on any atom is 0.224 e. The molecule has 1 aliphatic rings. The van der Waals surface area contributed by atoms with Crippen LogP contribution < -0.4 is 11.1 Å². The number of hydrogen-bond acceptors (Lipinski definition) is 2. The molecule has 3 rings (SSSR count). The van der Waals surface area contributed by atoms with Crippen molar-refractivity contribution in [2.45, 2.75) is 38.6 Å². The summed E-state index contributed by atoms with van der Waals surface area (Å²) in [5, 5.41) is 3.03. The monoisotopic (exact) mass is 294 g/mol. The van der Waals surface area contributed by atoms with E-state index in [2.05, 4.69) is 36.5 Å². The maximum absolute atomic E-state index is 11.8. The van der Waals surface area contributed by atoms with Gasteiger partial charge in [-0.15, -0.1) is 0 Å². The van der Waals surface area contributed by atoms with Crippen LogP contribution >= 0.6 is 0 Å². The first-order chi connectivity index (χ1) is 10.7. The Morgan fingerprint density at radius 2 is 1.91 bits per heavy atom. The quantitative estimate of drug-likeness (QED) is 0.908. The van der Waals surface area contributed by atoms with E-state index in [1.54, 1.807) is 0 Å². The van der Waals surface area contributed by atoms with Gasteiger partial charge in [-0.25, -0.2) is 0 Å². The first-order valence-electron chi connectivity index (χ1n) is 7.92. The molecule has 2 aromatic rings. The first kappa shape index (κ1) is 14.8. The highest BCUT2D eigenvalue weighted by Gasteiger charge is 2.22. The van der Waals surface area contributed by atoms with E-state index in [9.17, 15) is 4.79 Å². The summed E-state index contributed by atoms with van der Waals surface area (Å²) in [5.41, 5.74) is 12.2. The average Bonchev–Trinajstić information content (AvgIpc) is 2.54. The van der Waals surface area contributed by atoms with Crippen LogP contribution in [0.3, 0.4) is 0 Å². The van der Waals surface area contributed by atoms with Crippen molar-refractivity contribution in [3.05, 3.63) is 64.7 Å². The van der Waals surface area contributed by atoms with E-state index in [0.29, 0.717) is 6.42 Å². The van der Waals surface area contributed by atoms with E-state index in [-0.39, 0.29) is 11.9 Å². The van der Waals surface area contributed by atoms with Crippen LogP contribution in [0.5, 0.6) is 0 Å². The van der Waals surface area contributed by atoms with E-state index < -0.39 is 0 Å². The van der Waals surface area contributed by atoms with Gasteiger partial charge in [-0.3, -0.25) is 4.79 Å². The van der Waals surface area contributed by atoms with Crippen LogP contribution in [0.2, 0.25) is 0 Å². The fourth-order valence-corrected chi connectivity index (χ4v) is 3.07. The van der Waals surface area contributed by atoms with Gasteiger partial charge < -0.3 is 11.1 Å². The molecule has 1 amide bonds. The molecule has 2 aromatic carbocycles. The predicted octanol–water partition coefficient (Wildman–Crippen LogP) is 3.38. The van der Waals surface area contributed by atoms with Gasteiger partial charge in [0.1, 0.15) is 0 Å². The molecule has 0 aromatic heterocycles. The van der Waals surface area contributed by atoms with Gasteiger partial charge in [-0.05, 0) is 41.5 Å². The SMILES string of the molecule is CCc1cc2c(c(C(N)Cc3ccccc3)c1)NC(=O)CC2. The van der Waals surface area contributed by atoms with Crippen LogP contribution in [-0.2, 0) is 24.1 Å². The number of aryl methyl sites for hydroxylation is 2. The van der Waals surface area contributed by atoms with Crippen molar-refractivity contribution < 1.29 is 4.79 Å². The normalized spacial score (nSPS) is 15.1. The molecule has 0 saturated heterocycles. The third kappa shape index (κ3) is 3.04. The van der Waals surface area contributed by atoms with Crippen LogP contribution in [0.4, 0.5) is 5.69 Å². The molecule has 1 heterocycles. The second kappa shape index (κ2) is 6.32. The molecule has 0 radical (unpaired) electrons. The van der Waals surface area contributed by atoms with Crippen LogP contribution in [0.25, 0.3) is 0 Å². The number of amides is 1. The van der Waals surface area contributed by atoms with E-state index in [0.717, 1.165) is 30.5 Å². The first-order valence-corrected chi connectivity index (χ1v) is 7.92. The fraction of sp³-hybridized carbons (Fsp3) is 0.316. The van der Waals surface area contributed by atoms with Gasteiger partial charge >= 0.3 is 0 Å². The Labute approximate surface area is 131 Å². The molecule has 0 saturated carbocycles. The number of hydrogen-bond donors (Lipinski definition) is 2. The molecule has 22 heavy (non-hydrogen) atoms. The van der Waals surface area contributed by atoms with Crippen LogP contribution in [0.1, 0.15) is 41.6 Å². The third-order valence-corrected chi connectivity index (χ3v) is 4.30. The molecule has 1 aliphatic heterocycles. The Bertz CT molecular complexity index is 679. The van der Waals surface area contributed by atoms with Gasteiger partial charge in [-0.1, -0.05) is 49.4 Å². The summed E-state index contributed by atoms with van der Waals surface area (Å²) < 4.78 is 0. The lowest BCUT2D eigenvalue weighted by Crippen LogP contribution is -2.24. The van der Waals surface area contributed by atoms with E-state index in [4.69, 9.17) is 5.73 Å². The van der Waals surface area contributed by atoms with E-state index in [1.165, 1.54) is 16.7 Å². The third-order valence-electron chi connectivity index (χ3n) is 4.30. The molecule has 1 atom stereocenters. The van der Waals surface area contributed by atoms with Gasteiger partial charge in [0.15, 0.2) is 0 Å². The van der Waals surface area contributed by atoms with E-state index in [1.807, 2.05) is 18.2 Å². The highest BCUT2D eigenvalue weighted by Crippen LogP contribution is 2.33. The zero-order valence-electron chi connectivity index (χ0n) is 12.9. The minimum absolute atomic E-state index is 0.0879. The molecular formula is C19H22N2O. The average molecular weight is 294 g/mol. The molecule has 0 fully saturated rings. The Morgan fingerprint density at radius 3 is 2.64 bits per heavy atom. The van der Waals surface area contributed by atoms with Crippen molar-refractivity contribution in [3.8, 4) is 0 Å². The summed E-state index contributed by atoms with van der Waals surface area (Å²) in [6, 6.07) is 14.5. The van der Waals surface area contributed by atoms with Crippen LogP contribution in [-0.4, -0.2) is 5.91 Å². The molecule has 1 unspecified atom stereocenters. The summed E-state index contributed by atoms with van der Waals surface area (Å²) in [6.45, 7) is 2.15. The Hall–Kier alpha value is -2.13. The number of rotatable bonds is 4. The van der Waals surface area contributed by atoms with Gasteiger partial charge in [0, 0.05) is 18.2 Å². The Balaban J connectivity index is 1.96. The molecular weight excluding hydrogens is 272 g/mol. The van der Waals surface area contributed by atoms with Crippen LogP contribution in [0, 0.1) is 0 Å². The fourth-order valence-electron chi connectivity index (χ4n) is 3.07. The number of fused-ring (bicyclic) bond motifs is 1. The number of carbonyl (C=O) groups excluding carboxylic acids is 1. The topological polar surface area (TPSA) is 55.1 Å². The summed E-state index contributed by atoms with van der Waals surface area (Å²) >= 11 is 0. The second-order valence-electron chi connectivity index (χ2n) is 5.92. The summed E-state index contributed by atoms with van der Waals surface area (Å²) in [5.74, 6) is 0.0879. The van der Waals surface area contributed by atoms with Crippen LogP contribution in [0.15, 0.2) is 42.5 Å². The summed E-state index contributed by atoms with van der Waals surface area (Å²) in [7, 11) is 0. The molecule has 114 valence electrons. The standard InChI is InChI=1S/C19H22N2O/c1-2-13-10-15-8-9-18(22)21-19(15)16(11-13)17(20)12-14-6-4-3-5-7-14/h3-7,10-11,17H,2,8-9,12,20H2,1H3,(H,21,22). The zero-order chi connectivity index (χ0) is 15.5.